The van der Waals surface area contributed by atoms with Gasteiger partial charge in [0, 0.05) is 11.3 Å². The number of amides is 1. The van der Waals surface area contributed by atoms with Gasteiger partial charge in [0.2, 0.25) is 0 Å². The van der Waals surface area contributed by atoms with Crippen LogP contribution < -0.4 is 9.64 Å². The lowest BCUT2D eigenvalue weighted by molar-refractivity contribution is 0.0963. The van der Waals surface area contributed by atoms with Crippen LogP contribution in [0, 0.1) is 5.82 Å². The molecule has 5 nitrogen and oxygen atoms in total. The zero-order valence-electron chi connectivity index (χ0n) is 12.9. The van der Waals surface area contributed by atoms with Gasteiger partial charge in [-0.3, -0.25) is 4.90 Å². The van der Waals surface area contributed by atoms with E-state index in [1.807, 2.05) is 0 Å². The highest BCUT2D eigenvalue weighted by Crippen LogP contribution is 2.29. The van der Waals surface area contributed by atoms with Crippen LogP contribution in [0.25, 0.3) is 0 Å². The average molecular weight is 386 g/mol. The van der Waals surface area contributed by atoms with E-state index in [-0.39, 0.29) is 29.8 Å². The van der Waals surface area contributed by atoms with Gasteiger partial charge in [0.15, 0.2) is 0 Å². The molecule has 1 aliphatic rings. The molecule has 1 atom stereocenters. The maximum atomic E-state index is 13.2. The van der Waals surface area contributed by atoms with Crippen LogP contribution >= 0.6 is 23.2 Å². The topological polar surface area (TPSA) is 59.0 Å². The fourth-order valence-electron chi connectivity index (χ4n) is 2.42. The number of ether oxygens (including phenoxy) is 2. The monoisotopic (exact) mass is 385 g/mol. The van der Waals surface area contributed by atoms with E-state index in [4.69, 9.17) is 37.8 Å². The third-order valence-electron chi connectivity index (χ3n) is 3.72. The molecule has 1 aliphatic heterocycles. The third-order valence-corrected chi connectivity index (χ3v) is 4.39. The summed E-state index contributed by atoms with van der Waals surface area (Å²) in [6.45, 7) is 0.147. The van der Waals surface area contributed by atoms with Crippen LogP contribution in [0.4, 0.5) is 14.9 Å². The van der Waals surface area contributed by atoms with Crippen LogP contribution in [0.5, 0.6) is 5.75 Å². The van der Waals surface area contributed by atoms with E-state index in [2.05, 4.69) is 0 Å². The van der Waals surface area contributed by atoms with Crippen molar-refractivity contribution in [2.24, 2.45) is 0 Å². The normalized spacial score (nSPS) is 16.9. The molecule has 2 aromatic rings. The molecule has 8 heteroatoms. The molecule has 1 saturated heterocycles. The summed E-state index contributed by atoms with van der Waals surface area (Å²) in [4.78, 5) is 13.2. The van der Waals surface area contributed by atoms with E-state index in [9.17, 15) is 9.18 Å². The van der Waals surface area contributed by atoms with Gasteiger partial charge < -0.3 is 14.6 Å². The minimum atomic E-state index is -0.522. The second-order valence-corrected chi connectivity index (χ2v) is 6.24. The predicted octanol–water partition coefficient (Wildman–Crippen LogP) is 4.03. The Labute approximate surface area is 153 Å². The number of carbonyl (C=O) groups is 1. The van der Waals surface area contributed by atoms with Gasteiger partial charge in [0.1, 0.15) is 24.3 Å². The summed E-state index contributed by atoms with van der Waals surface area (Å²) in [5.41, 5.74) is 1.12. The largest absolute Gasteiger partial charge is 0.489 e. The number of anilines is 1. The van der Waals surface area contributed by atoms with Gasteiger partial charge in [0.25, 0.3) is 0 Å². The molecule has 1 heterocycles. The van der Waals surface area contributed by atoms with Gasteiger partial charge in [-0.1, -0.05) is 23.2 Å². The Hall–Kier alpha value is -2.02. The Kier molecular flexibility index (Phi) is 5.32. The van der Waals surface area contributed by atoms with Gasteiger partial charge in [-0.2, -0.15) is 0 Å². The maximum Gasteiger partial charge on any atom is 0.414 e. The zero-order chi connectivity index (χ0) is 18.0. The van der Waals surface area contributed by atoms with Crippen molar-refractivity contribution in [1.29, 1.82) is 0 Å². The summed E-state index contributed by atoms with van der Waals surface area (Å²) in [6.07, 6.45) is -1.02. The summed E-state index contributed by atoms with van der Waals surface area (Å²) in [6, 6.07) is 9.10. The quantitative estimate of drug-likeness (QED) is 0.843. The second-order valence-electron chi connectivity index (χ2n) is 5.43. The summed E-state index contributed by atoms with van der Waals surface area (Å²) >= 11 is 11.9. The second kappa shape index (κ2) is 7.47. The lowest BCUT2D eigenvalue weighted by atomic mass is 10.2. The van der Waals surface area contributed by atoms with Gasteiger partial charge >= 0.3 is 6.09 Å². The van der Waals surface area contributed by atoms with Crippen molar-refractivity contribution in [1.82, 2.24) is 0 Å². The third kappa shape index (κ3) is 3.98. The Morgan fingerprint density at radius 2 is 1.88 bits per heavy atom. The zero-order valence-corrected chi connectivity index (χ0v) is 14.4. The van der Waals surface area contributed by atoms with Crippen molar-refractivity contribution in [3.05, 3.63) is 57.8 Å². The fourth-order valence-corrected chi connectivity index (χ4v) is 2.98. The first-order chi connectivity index (χ1) is 12.0. The van der Waals surface area contributed by atoms with E-state index < -0.39 is 18.0 Å². The van der Waals surface area contributed by atoms with Crippen molar-refractivity contribution in [2.45, 2.75) is 12.7 Å². The molecule has 1 unspecified atom stereocenters. The number of benzene rings is 2. The highest BCUT2D eigenvalue weighted by atomic mass is 35.5. The molecule has 132 valence electrons. The van der Waals surface area contributed by atoms with E-state index >= 15 is 0 Å². The maximum absolute atomic E-state index is 13.2. The molecule has 0 saturated carbocycles. The van der Waals surface area contributed by atoms with Crippen LogP contribution in [0.2, 0.25) is 10.0 Å². The first-order valence-corrected chi connectivity index (χ1v) is 8.19. The first-order valence-electron chi connectivity index (χ1n) is 7.43. The Morgan fingerprint density at radius 1 is 1.24 bits per heavy atom. The van der Waals surface area contributed by atoms with E-state index in [1.54, 1.807) is 24.3 Å². The van der Waals surface area contributed by atoms with E-state index in [0.29, 0.717) is 17.0 Å². The fraction of sp³-hybridized carbons (Fsp3) is 0.235. The molecular weight excluding hydrogens is 372 g/mol. The van der Waals surface area contributed by atoms with E-state index in [1.165, 1.54) is 17.0 Å². The molecule has 0 bridgehead atoms. The number of carbonyl (C=O) groups excluding carboxylic acids is 1. The van der Waals surface area contributed by atoms with Crippen LogP contribution in [0.15, 0.2) is 36.4 Å². The summed E-state index contributed by atoms with van der Waals surface area (Å²) in [5.74, 6) is 0.0215. The Balaban J connectivity index is 1.67. The molecule has 2 aromatic carbocycles. The first kappa shape index (κ1) is 17.8. The Morgan fingerprint density at radius 3 is 2.44 bits per heavy atom. The van der Waals surface area contributed by atoms with Crippen molar-refractivity contribution in [3.63, 3.8) is 0 Å². The van der Waals surface area contributed by atoms with E-state index in [0.717, 1.165) is 0 Å². The lowest BCUT2D eigenvalue weighted by Crippen LogP contribution is -2.25. The molecule has 25 heavy (non-hydrogen) atoms. The summed E-state index contributed by atoms with van der Waals surface area (Å²) < 4.78 is 23.8. The molecule has 0 aromatic heterocycles. The summed E-state index contributed by atoms with van der Waals surface area (Å²) in [5, 5.41) is 9.45. The molecule has 0 aliphatic carbocycles. The van der Waals surface area contributed by atoms with Crippen molar-refractivity contribution < 1.29 is 23.8 Å². The molecule has 0 radical (unpaired) electrons. The number of rotatable bonds is 5. The molecule has 1 N–H and O–H groups in total. The van der Waals surface area contributed by atoms with Gasteiger partial charge in [-0.15, -0.1) is 0 Å². The number of aliphatic hydroxyl groups is 1. The molecule has 1 amide bonds. The van der Waals surface area contributed by atoms with Crippen LogP contribution in [0.1, 0.15) is 5.56 Å². The number of cyclic esters (lactones) is 1. The SMILES string of the molecule is O=C1OC(CO)CN1c1ccc(OCc2c(Cl)cc(F)cc2Cl)cc1. The minimum absolute atomic E-state index is 0.0790. The van der Waals surface area contributed by atoms with Crippen LogP contribution in [0.3, 0.4) is 0 Å². The number of halogens is 3. The summed E-state index contributed by atoms with van der Waals surface area (Å²) in [7, 11) is 0. The van der Waals surface area contributed by atoms with Gasteiger partial charge in [-0.05, 0) is 36.4 Å². The molecule has 1 fully saturated rings. The van der Waals surface area contributed by atoms with Crippen molar-refractivity contribution >= 4 is 35.0 Å². The number of hydrogen-bond acceptors (Lipinski definition) is 4. The molecular formula is C17H14Cl2FNO4. The predicted molar refractivity (Wildman–Crippen MR) is 91.9 cm³/mol. The number of aliphatic hydroxyl groups excluding tert-OH is 1. The smallest absolute Gasteiger partial charge is 0.414 e. The van der Waals surface area contributed by atoms with Gasteiger partial charge in [0.05, 0.1) is 23.2 Å². The molecule has 3 rings (SSSR count). The highest BCUT2D eigenvalue weighted by molar-refractivity contribution is 6.36. The minimum Gasteiger partial charge on any atom is -0.489 e. The lowest BCUT2D eigenvalue weighted by Gasteiger charge is -2.14. The van der Waals surface area contributed by atoms with Crippen LogP contribution in [-0.4, -0.2) is 30.5 Å². The Bertz CT molecular complexity index is 762. The molecule has 0 spiro atoms. The van der Waals surface area contributed by atoms with Gasteiger partial charge in [-0.25, -0.2) is 9.18 Å². The van der Waals surface area contributed by atoms with Crippen LogP contribution in [-0.2, 0) is 11.3 Å². The van der Waals surface area contributed by atoms with Crippen molar-refractivity contribution in [3.8, 4) is 5.75 Å². The highest BCUT2D eigenvalue weighted by Gasteiger charge is 2.31. The van der Waals surface area contributed by atoms with Crippen molar-refractivity contribution in [2.75, 3.05) is 18.1 Å². The average Bonchev–Trinajstić information content (AvgIpc) is 2.95. The standard InChI is InChI=1S/C17H14Cl2FNO4/c18-15-5-10(20)6-16(19)14(15)9-24-12-3-1-11(2-4-12)21-7-13(8-22)25-17(21)23/h1-6,13,22H,7-9H2. The number of nitrogens with zero attached hydrogens (tertiary/aromatic N) is 1. The number of hydrogen-bond donors (Lipinski definition) is 1.